The molecule has 0 spiro atoms. The van der Waals surface area contributed by atoms with Crippen molar-refractivity contribution in [2.45, 2.75) is 33.1 Å². The maximum atomic E-state index is 12.4. The number of ether oxygens (including phenoxy) is 1. The molecule has 0 aliphatic rings. The quantitative estimate of drug-likeness (QED) is 0.284. The van der Waals surface area contributed by atoms with Gasteiger partial charge in [0.05, 0.1) is 17.3 Å². The molecule has 2 aromatic carbocycles. The summed E-state index contributed by atoms with van der Waals surface area (Å²) in [7, 11) is 0. The molecule has 0 fully saturated rings. The van der Waals surface area contributed by atoms with E-state index in [2.05, 4.69) is 36.3 Å². The summed E-state index contributed by atoms with van der Waals surface area (Å²) in [6.45, 7) is 8.21. The summed E-state index contributed by atoms with van der Waals surface area (Å²) in [6, 6.07) is 17.7. The first-order valence-electron chi connectivity index (χ1n) is 9.91. The predicted octanol–water partition coefficient (Wildman–Crippen LogP) is 4.67. The molecule has 0 radical (unpaired) electrons. The van der Waals surface area contributed by atoms with Gasteiger partial charge < -0.3 is 4.74 Å². The third-order valence-electron chi connectivity index (χ3n) is 4.63. The molecular weight excluding hydrogens is 390 g/mol. The number of nitrogens with one attached hydrogen (secondary N) is 1. The van der Waals surface area contributed by atoms with E-state index in [4.69, 9.17) is 4.74 Å². The lowest BCUT2D eigenvalue weighted by Crippen LogP contribution is -2.17. The summed E-state index contributed by atoms with van der Waals surface area (Å²) >= 11 is 0. The zero-order chi connectivity index (χ0) is 22.4. The van der Waals surface area contributed by atoms with Crippen molar-refractivity contribution >= 4 is 18.1 Å². The van der Waals surface area contributed by atoms with E-state index in [0.717, 1.165) is 16.8 Å². The highest BCUT2D eigenvalue weighted by atomic mass is 16.5. The summed E-state index contributed by atoms with van der Waals surface area (Å²) in [5.41, 5.74) is 6.14. The van der Waals surface area contributed by atoms with Crippen LogP contribution >= 0.6 is 0 Å². The fraction of sp³-hybridized carbons (Fsp3) is 0.200. The number of carbonyl (C=O) groups is 2. The maximum absolute atomic E-state index is 12.4. The van der Waals surface area contributed by atoms with Crippen molar-refractivity contribution in [2.24, 2.45) is 5.10 Å². The highest BCUT2D eigenvalue weighted by Crippen LogP contribution is 2.22. The van der Waals surface area contributed by atoms with Gasteiger partial charge in [0, 0.05) is 11.9 Å². The molecule has 3 aromatic rings. The van der Waals surface area contributed by atoms with E-state index in [1.807, 2.05) is 19.1 Å². The summed E-state index contributed by atoms with van der Waals surface area (Å²) < 4.78 is 5.43. The Kier molecular flexibility index (Phi) is 6.60. The Morgan fingerprint density at radius 1 is 0.935 bits per heavy atom. The number of aromatic nitrogens is 1. The number of rotatable bonds is 5. The summed E-state index contributed by atoms with van der Waals surface area (Å²) in [5.74, 6) is -0.329. The first kappa shape index (κ1) is 21.9. The monoisotopic (exact) mass is 415 g/mol. The van der Waals surface area contributed by atoms with Crippen LogP contribution < -0.4 is 10.2 Å². The van der Waals surface area contributed by atoms with E-state index < -0.39 is 5.97 Å². The van der Waals surface area contributed by atoms with Crippen molar-refractivity contribution in [1.29, 1.82) is 0 Å². The topological polar surface area (TPSA) is 80.6 Å². The van der Waals surface area contributed by atoms with Gasteiger partial charge in [-0.15, -0.1) is 0 Å². The van der Waals surface area contributed by atoms with Crippen molar-refractivity contribution in [1.82, 2.24) is 10.4 Å². The van der Waals surface area contributed by atoms with E-state index in [9.17, 15) is 9.59 Å². The molecule has 0 bridgehead atoms. The van der Waals surface area contributed by atoms with Crippen molar-refractivity contribution in [2.75, 3.05) is 0 Å². The molecule has 1 N–H and O–H groups in total. The molecule has 3 rings (SSSR count). The van der Waals surface area contributed by atoms with E-state index in [1.54, 1.807) is 48.5 Å². The molecular formula is C25H25N3O3. The Hall–Kier alpha value is -3.80. The minimum absolute atomic E-state index is 0.0241. The number of amides is 1. The molecule has 0 aliphatic heterocycles. The fourth-order valence-corrected chi connectivity index (χ4v) is 2.73. The average Bonchev–Trinajstić information content (AvgIpc) is 2.75. The van der Waals surface area contributed by atoms with Crippen LogP contribution in [0.4, 0.5) is 0 Å². The lowest BCUT2D eigenvalue weighted by Gasteiger charge is -2.18. The van der Waals surface area contributed by atoms with E-state index >= 15 is 0 Å². The van der Waals surface area contributed by atoms with Crippen LogP contribution in [0.5, 0.6) is 5.75 Å². The summed E-state index contributed by atoms with van der Waals surface area (Å²) in [4.78, 5) is 28.5. The summed E-state index contributed by atoms with van der Waals surface area (Å²) in [6.07, 6.45) is 3.01. The smallest absolute Gasteiger partial charge is 0.343 e. The Morgan fingerprint density at radius 3 is 2.16 bits per heavy atom. The molecule has 1 aromatic heterocycles. The number of hydrogen-bond acceptors (Lipinski definition) is 5. The highest BCUT2D eigenvalue weighted by Gasteiger charge is 2.15. The number of hydrogen-bond donors (Lipinski definition) is 1. The van der Waals surface area contributed by atoms with Crippen LogP contribution in [-0.2, 0) is 5.41 Å². The number of carbonyl (C=O) groups excluding carboxylic acids is 2. The highest BCUT2D eigenvalue weighted by molar-refractivity contribution is 5.94. The molecule has 1 amide bonds. The van der Waals surface area contributed by atoms with Gasteiger partial charge in [0.1, 0.15) is 5.75 Å². The van der Waals surface area contributed by atoms with Gasteiger partial charge in [0.25, 0.3) is 5.91 Å². The first-order valence-corrected chi connectivity index (χ1v) is 9.91. The largest absolute Gasteiger partial charge is 0.423 e. The third-order valence-corrected chi connectivity index (χ3v) is 4.63. The SMILES string of the molecule is Cc1ccc(C(=O)N/N=C/c2ccc(OC(=O)c3ccc(C(C)(C)C)cc3)cc2)cn1. The molecule has 6 heteroatoms. The first-order chi connectivity index (χ1) is 14.7. The van der Waals surface area contributed by atoms with Gasteiger partial charge >= 0.3 is 5.97 Å². The average molecular weight is 415 g/mol. The zero-order valence-corrected chi connectivity index (χ0v) is 18.0. The number of nitrogens with zero attached hydrogens (tertiary/aromatic N) is 2. The van der Waals surface area contributed by atoms with Gasteiger partial charge in [0.2, 0.25) is 0 Å². The standard InChI is InChI=1S/C25H25N3O3/c1-17-5-8-20(16-26-17)23(29)28-27-15-18-6-13-22(14-7-18)31-24(30)19-9-11-21(12-10-19)25(2,3)4/h5-16H,1-4H3,(H,28,29)/b27-15+. The minimum Gasteiger partial charge on any atom is -0.423 e. The second-order valence-electron chi connectivity index (χ2n) is 8.17. The van der Waals surface area contributed by atoms with Crippen molar-refractivity contribution < 1.29 is 14.3 Å². The fourth-order valence-electron chi connectivity index (χ4n) is 2.73. The molecule has 6 nitrogen and oxygen atoms in total. The molecule has 0 unspecified atom stereocenters. The van der Waals surface area contributed by atoms with Crippen LogP contribution in [0.3, 0.4) is 0 Å². The van der Waals surface area contributed by atoms with Crippen LogP contribution in [0.2, 0.25) is 0 Å². The van der Waals surface area contributed by atoms with Gasteiger partial charge in [-0.05, 0) is 72.0 Å². The van der Waals surface area contributed by atoms with Crippen LogP contribution in [0.1, 0.15) is 58.3 Å². The third kappa shape index (κ3) is 6.09. The van der Waals surface area contributed by atoms with Gasteiger partial charge in [-0.2, -0.15) is 5.10 Å². The minimum atomic E-state index is -0.416. The Balaban J connectivity index is 1.56. The predicted molar refractivity (Wildman–Crippen MR) is 121 cm³/mol. The lowest BCUT2D eigenvalue weighted by molar-refractivity contribution is 0.0734. The molecule has 31 heavy (non-hydrogen) atoms. The van der Waals surface area contributed by atoms with Crippen LogP contribution in [0.25, 0.3) is 0 Å². The number of hydrazone groups is 1. The lowest BCUT2D eigenvalue weighted by atomic mass is 9.87. The summed E-state index contributed by atoms with van der Waals surface area (Å²) in [5, 5.41) is 3.95. The van der Waals surface area contributed by atoms with Gasteiger partial charge in [-0.1, -0.05) is 32.9 Å². The zero-order valence-electron chi connectivity index (χ0n) is 18.0. The second-order valence-corrected chi connectivity index (χ2v) is 8.17. The van der Waals surface area contributed by atoms with Crippen molar-refractivity contribution in [3.8, 4) is 5.75 Å². The molecule has 0 atom stereocenters. The number of esters is 1. The second kappa shape index (κ2) is 9.34. The van der Waals surface area contributed by atoms with Gasteiger partial charge in [0.15, 0.2) is 0 Å². The van der Waals surface area contributed by atoms with Gasteiger partial charge in [-0.25, -0.2) is 10.2 Å². The Morgan fingerprint density at radius 2 is 1.58 bits per heavy atom. The molecule has 0 saturated heterocycles. The Labute approximate surface area is 182 Å². The normalized spacial score (nSPS) is 11.4. The number of pyridine rings is 1. The van der Waals surface area contributed by atoms with Crippen LogP contribution in [0.15, 0.2) is 72.0 Å². The molecule has 0 saturated carbocycles. The Bertz CT molecular complexity index is 1080. The van der Waals surface area contributed by atoms with E-state index in [1.165, 1.54) is 12.4 Å². The van der Waals surface area contributed by atoms with E-state index in [0.29, 0.717) is 16.9 Å². The van der Waals surface area contributed by atoms with Crippen LogP contribution in [-0.4, -0.2) is 23.1 Å². The van der Waals surface area contributed by atoms with Crippen molar-refractivity contribution in [3.63, 3.8) is 0 Å². The van der Waals surface area contributed by atoms with Crippen LogP contribution in [0, 0.1) is 6.92 Å². The molecule has 158 valence electrons. The van der Waals surface area contributed by atoms with Crippen molar-refractivity contribution in [3.05, 3.63) is 94.8 Å². The van der Waals surface area contributed by atoms with Gasteiger partial charge in [-0.3, -0.25) is 9.78 Å². The number of aryl methyl sites for hydroxylation is 1. The molecule has 1 heterocycles. The van der Waals surface area contributed by atoms with E-state index in [-0.39, 0.29) is 11.3 Å². The maximum Gasteiger partial charge on any atom is 0.343 e. The number of benzene rings is 2. The molecule has 0 aliphatic carbocycles.